The third kappa shape index (κ3) is 4.14. The molecule has 8 nitrogen and oxygen atoms in total. The van der Waals surface area contributed by atoms with Crippen molar-refractivity contribution in [2.75, 3.05) is 26.3 Å². The molecular formula is C20H24N4O4. The SMILES string of the molecule is O=C(N[C@@H]1C[C@@H](Oc2ccccc2)[C@H](O)[C@H]1N1CCOCC1)c1cnccn1. The topological polar surface area (TPSA) is 96.8 Å². The number of nitrogens with one attached hydrogen (secondary N) is 1. The number of amides is 1. The molecule has 1 aliphatic heterocycles. The van der Waals surface area contributed by atoms with Crippen molar-refractivity contribution < 1.29 is 19.4 Å². The first-order chi connectivity index (χ1) is 13.7. The normalized spacial score (nSPS) is 28.0. The second kappa shape index (κ2) is 8.64. The summed E-state index contributed by atoms with van der Waals surface area (Å²) in [6.07, 6.45) is 3.80. The van der Waals surface area contributed by atoms with Crippen LogP contribution in [0.2, 0.25) is 0 Å². The molecule has 0 radical (unpaired) electrons. The number of morpholine rings is 1. The third-order valence-corrected chi connectivity index (χ3v) is 5.24. The summed E-state index contributed by atoms with van der Waals surface area (Å²) < 4.78 is 11.5. The molecule has 1 aromatic carbocycles. The first-order valence-corrected chi connectivity index (χ1v) is 9.51. The molecule has 1 amide bonds. The van der Waals surface area contributed by atoms with Crippen molar-refractivity contribution in [2.45, 2.75) is 30.7 Å². The molecule has 1 aliphatic carbocycles. The van der Waals surface area contributed by atoms with Crippen molar-refractivity contribution in [1.29, 1.82) is 0 Å². The Bertz CT molecular complexity index is 770. The molecule has 4 atom stereocenters. The van der Waals surface area contributed by atoms with Gasteiger partial charge in [-0.2, -0.15) is 0 Å². The van der Waals surface area contributed by atoms with Crippen LogP contribution in [0.3, 0.4) is 0 Å². The van der Waals surface area contributed by atoms with Gasteiger partial charge in [-0.05, 0) is 12.1 Å². The van der Waals surface area contributed by atoms with Crippen LogP contribution in [-0.4, -0.2) is 76.5 Å². The zero-order valence-electron chi connectivity index (χ0n) is 15.5. The second-order valence-corrected chi connectivity index (χ2v) is 7.01. The smallest absolute Gasteiger partial charge is 0.271 e. The van der Waals surface area contributed by atoms with Crippen LogP contribution >= 0.6 is 0 Å². The van der Waals surface area contributed by atoms with Gasteiger partial charge >= 0.3 is 0 Å². The summed E-state index contributed by atoms with van der Waals surface area (Å²) in [4.78, 5) is 22.8. The van der Waals surface area contributed by atoms with E-state index in [1.54, 1.807) is 0 Å². The number of ether oxygens (including phenoxy) is 2. The van der Waals surface area contributed by atoms with Gasteiger partial charge in [0.05, 0.1) is 31.5 Å². The van der Waals surface area contributed by atoms with E-state index in [-0.39, 0.29) is 23.7 Å². The summed E-state index contributed by atoms with van der Waals surface area (Å²) >= 11 is 0. The Morgan fingerprint density at radius 3 is 2.71 bits per heavy atom. The van der Waals surface area contributed by atoms with E-state index in [1.807, 2.05) is 30.3 Å². The molecule has 0 unspecified atom stereocenters. The quantitative estimate of drug-likeness (QED) is 0.774. The number of aliphatic hydroxyl groups excluding tert-OH is 1. The third-order valence-electron chi connectivity index (χ3n) is 5.24. The Kier molecular flexibility index (Phi) is 5.80. The summed E-state index contributed by atoms with van der Waals surface area (Å²) in [5.74, 6) is 0.400. The van der Waals surface area contributed by atoms with Gasteiger partial charge in [-0.25, -0.2) is 4.98 Å². The number of aromatic nitrogens is 2. The first kappa shape index (κ1) is 18.8. The van der Waals surface area contributed by atoms with Gasteiger partial charge in [0.15, 0.2) is 0 Å². The van der Waals surface area contributed by atoms with E-state index in [1.165, 1.54) is 18.6 Å². The Labute approximate surface area is 163 Å². The minimum absolute atomic E-state index is 0.252. The minimum Gasteiger partial charge on any atom is -0.488 e. The monoisotopic (exact) mass is 384 g/mol. The fraction of sp³-hybridized carbons (Fsp3) is 0.450. The molecule has 1 aromatic heterocycles. The highest BCUT2D eigenvalue weighted by Crippen LogP contribution is 2.30. The highest BCUT2D eigenvalue weighted by atomic mass is 16.5. The van der Waals surface area contributed by atoms with Gasteiger partial charge in [0, 0.05) is 31.9 Å². The average molecular weight is 384 g/mol. The number of rotatable bonds is 5. The number of para-hydroxylation sites is 1. The van der Waals surface area contributed by atoms with Gasteiger partial charge in [-0.15, -0.1) is 0 Å². The van der Waals surface area contributed by atoms with E-state index < -0.39 is 12.2 Å². The predicted molar refractivity (Wildman–Crippen MR) is 101 cm³/mol. The molecule has 1 saturated heterocycles. The van der Waals surface area contributed by atoms with Crippen molar-refractivity contribution in [3.63, 3.8) is 0 Å². The number of hydrogen-bond donors (Lipinski definition) is 2. The molecule has 28 heavy (non-hydrogen) atoms. The molecule has 0 spiro atoms. The highest BCUT2D eigenvalue weighted by Gasteiger charge is 2.47. The van der Waals surface area contributed by atoms with Crippen molar-refractivity contribution in [2.24, 2.45) is 0 Å². The van der Waals surface area contributed by atoms with Gasteiger partial charge in [0.25, 0.3) is 5.91 Å². The molecule has 0 bridgehead atoms. The Morgan fingerprint density at radius 1 is 1.21 bits per heavy atom. The van der Waals surface area contributed by atoms with Crippen LogP contribution in [0.25, 0.3) is 0 Å². The fourth-order valence-electron chi connectivity index (χ4n) is 3.93. The molecule has 2 heterocycles. The highest BCUT2D eigenvalue weighted by molar-refractivity contribution is 5.92. The van der Waals surface area contributed by atoms with E-state index in [0.29, 0.717) is 38.5 Å². The molecule has 2 N–H and O–H groups in total. The lowest BCUT2D eigenvalue weighted by atomic mass is 10.1. The van der Waals surface area contributed by atoms with Crippen LogP contribution in [0.4, 0.5) is 0 Å². The maximum Gasteiger partial charge on any atom is 0.271 e. The van der Waals surface area contributed by atoms with Gasteiger partial charge < -0.3 is 19.9 Å². The lowest BCUT2D eigenvalue weighted by molar-refractivity contribution is -0.0350. The van der Waals surface area contributed by atoms with Crippen molar-refractivity contribution in [3.05, 3.63) is 54.6 Å². The van der Waals surface area contributed by atoms with Crippen molar-refractivity contribution in [3.8, 4) is 5.75 Å². The molecule has 1 saturated carbocycles. The van der Waals surface area contributed by atoms with Gasteiger partial charge in [-0.1, -0.05) is 18.2 Å². The average Bonchev–Trinajstić information content (AvgIpc) is 3.04. The van der Waals surface area contributed by atoms with E-state index >= 15 is 0 Å². The Morgan fingerprint density at radius 2 is 2.00 bits per heavy atom. The number of carbonyl (C=O) groups excluding carboxylic acids is 1. The Hall–Kier alpha value is -2.55. The maximum atomic E-state index is 12.6. The zero-order valence-corrected chi connectivity index (χ0v) is 15.5. The van der Waals surface area contributed by atoms with Crippen LogP contribution in [0.1, 0.15) is 16.9 Å². The van der Waals surface area contributed by atoms with Gasteiger partial charge in [0.2, 0.25) is 0 Å². The first-order valence-electron chi connectivity index (χ1n) is 9.51. The van der Waals surface area contributed by atoms with Crippen LogP contribution in [-0.2, 0) is 4.74 Å². The molecule has 2 fully saturated rings. The van der Waals surface area contributed by atoms with E-state index in [4.69, 9.17) is 9.47 Å². The summed E-state index contributed by atoms with van der Waals surface area (Å²) in [5, 5.41) is 14.1. The standard InChI is InChI=1S/C20H24N4O4/c25-19-17(28-14-4-2-1-3-5-14)12-15(18(19)24-8-10-27-11-9-24)23-20(26)16-13-21-6-7-22-16/h1-7,13,15,17-19,25H,8-12H2,(H,23,26)/t15-,17-,18+,19+/m1/s1. The summed E-state index contributed by atoms with van der Waals surface area (Å²) in [6, 6.07) is 8.91. The van der Waals surface area contributed by atoms with Gasteiger partial charge in [0.1, 0.15) is 23.7 Å². The van der Waals surface area contributed by atoms with Gasteiger partial charge in [-0.3, -0.25) is 14.7 Å². The number of nitrogens with zero attached hydrogens (tertiary/aromatic N) is 3. The lowest BCUT2D eigenvalue weighted by Gasteiger charge is -2.37. The lowest BCUT2D eigenvalue weighted by Crippen LogP contribution is -2.56. The number of hydrogen-bond acceptors (Lipinski definition) is 7. The van der Waals surface area contributed by atoms with E-state index in [2.05, 4.69) is 20.2 Å². The Balaban J connectivity index is 1.52. The predicted octanol–water partition coefficient (Wildman–Crippen LogP) is 0.488. The largest absolute Gasteiger partial charge is 0.488 e. The molecular weight excluding hydrogens is 360 g/mol. The molecule has 2 aromatic rings. The molecule has 8 heteroatoms. The summed E-state index contributed by atoms with van der Waals surface area (Å²) in [6.45, 7) is 2.63. The molecule has 2 aliphatic rings. The molecule has 4 rings (SSSR count). The van der Waals surface area contributed by atoms with Crippen molar-refractivity contribution >= 4 is 5.91 Å². The summed E-state index contributed by atoms with van der Waals surface area (Å²) in [5.41, 5.74) is 0.255. The van der Waals surface area contributed by atoms with Crippen LogP contribution in [0, 0.1) is 0 Å². The minimum atomic E-state index is -0.731. The maximum absolute atomic E-state index is 12.6. The van der Waals surface area contributed by atoms with Crippen LogP contribution < -0.4 is 10.1 Å². The van der Waals surface area contributed by atoms with Crippen LogP contribution in [0.5, 0.6) is 5.75 Å². The van der Waals surface area contributed by atoms with E-state index in [0.717, 1.165) is 0 Å². The zero-order chi connectivity index (χ0) is 19.3. The number of carbonyl (C=O) groups is 1. The van der Waals surface area contributed by atoms with E-state index in [9.17, 15) is 9.90 Å². The van der Waals surface area contributed by atoms with Crippen LogP contribution in [0.15, 0.2) is 48.9 Å². The molecule has 148 valence electrons. The van der Waals surface area contributed by atoms with Crippen molar-refractivity contribution in [1.82, 2.24) is 20.2 Å². The number of aliphatic hydroxyl groups is 1. The second-order valence-electron chi connectivity index (χ2n) is 7.01. The summed E-state index contributed by atoms with van der Waals surface area (Å²) in [7, 11) is 0. The fourth-order valence-corrected chi connectivity index (χ4v) is 3.93. The number of benzene rings is 1.